The molecule has 0 atom stereocenters. The lowest BCUT2D eigenvalue weighted by molar-refractivity contribution is 0.480. The summed E-state index contributed by atoms with van der Waals surface area (Å²) >= 11 is 0. The second-order valence-corrected chi connectivity index (χ2v) is 5.93. The fourth-order valence-corrected chi connectivity index (χ4v) is 3.07. The highest BCUT2D eigenvalue weighted by Crippen LogP contribution is 2.36. The highest BCUT2D eigenvalue weighted by molar-refractivity contribution is 7.84. The maximum atomic E-state index is 11.3. The van der Waals surface area contributed by atoms with E-state index >= 15 is 0 Å². The molecule has 0 fully saturated rings. The molecule has 0 spiro atoms. The molecule has 1 aliphatic carbocycles. The zero-order valence-electron chi connectivity index (χ0n) is 10.6. The fourth-order valence-electron chi connectivity index (χ4n) is 2.67. The minimum atomic E-state index is -4.11. The van der Waals surface area contributed by atoms with Gasteiger partial charge in [0.2, 0.25) is 0 Å². The van der Waals surface area contributed by atoms with E-state index in [-0.39, 0.29) is 5.75 Å². The van der Waals surface area contributed by atoms with E-state index in [1.54, 1.807) is 6.07 Å². The average Bonchev–Trinajstić information content (AvgIpc) is 2.36. The van der Waals surface area contributed by atoms with E-state index in [0.29, 0.717) is 5.58 Å². The maximum Gasteiger partial charge on any atom is 0.380 e. The molecule has 3 rings (SSSR count). The van der Waals surface area contributed by atoms with Crippen molar-refractivity contribution >= 4 is 21.3 Å². The number of nitrogens with two attached hydrogens (primary N) is 1. The summed E-state index contributed by atoms with van der Waals surface area (Å²) in [5.41, 5.74) is 1.62. The Morgan fingerprint density at radius 3 is 2.55 bits per heavy atom. The predicted octanol–water partition coefficient (Wildman–Crippen LogP) is 1.25. The van der Waals surface area contributed by atoms with E-state index in [2.05, 4.69) is 0 Å². The van der Waals surface area contributed by atoms with Gasteiger partial charge in [-0.15, -0.1) is 0 Å². The van der Waals surface area contributed by atoms with E-state index in [1.165, 1.54) is 12.1 Å². The van der Waals surface area contributed by atoms with Crippen LogP contribution >= 0.6 is 0 Å². The summed E-state index contributed by atoms with van der Waals surface area (Å²) < 4.78 is 32.3. The number of hydrogen-bond acceptors (Lipinski definition) is 5. The van der Waals surface area contributed by atoms with Crippen molar-refractivity contribution in [3.8, 4) is 5.75 Å². The van der Waals surface area contributed by atoms with E-state index in [1.807, 2.05) is 0 Å². The standard InChI is InChI=1S/C13H13NO5S/c14-20(16,17)19-12-7-11-10(5-6-13(15)18-11)8-3-1-2-4-9(8)12/h5-7H,1-4H2,(H2,14,16,17). The predicted molar refractivity (Wildman–Crippen MR) is 72.9 cm³/mol. The van der Waals surface area contributed by atoms with Crippen LogP contribution in [-0.4, -0.2) is 8.42 Å². The molecule has 0 saturated carbocycles. The third-order valence-corrected chi connectivity index (χ3v) is 3.83. The van der Waals surface area contributed by atoms with Crippen LogP contribution in [0, 0.1) is 0 Å². The van der Waals surface area contributed by atoms with Crippen LogP contribution in [0.5, 0.6) is 5.75 Å². The molecular formula is C13H13NO5S. The Hall–Kier alpha value is -1.86. The van der Waals surface area contributed by atoms with E-state index in [0.717, 1.165) is 42.2 Å². The maximum absolute atomic E-state index is 11.3. The smallest absolute Gasteiger partial charge is 0.380 e. The van der Waals surface area contributed by atoms with Crippen LogP contribution in [0.15, 0.2) is 27.4 Å². The van der Waals surface area contributed by atoms with Gasteiger partial charge in [0.05, 0.1) is 0 Å². The minimum Gasteiger partial charge on any atom is -0.423 e. The van der Waals surface area contributed by atoms with Crippen LogP contribution in [0.1, 0.15) is 24.0 Å². The second kappa shape index (κ2) is 4.60. The van der Waals surface area contributed by atoms with E-state index < -0.39 is 15.9 Å². The first-order chi connectivity index (χ1) is 9.44. The Kier molecular flexibility index (Phi) is 3.02. The van der Waals surface area contributed by atoms with Crippen molar-refractivity contribution in [1.82, 2.24) is 0 Å². The van der Waals surface area contributed by atoms with Crippen LogP contribution in [0.25, 0.3) is 11.0 Å². The fraction of sp³-hybridized carbons (Fsp3) is 0.308. The Bertz CT molecular complexity index is 838. The van der Waals surface area contributed by atoms with Crippen molar-refractivity contribution in [2.75, 3.05) is 0 Å². The van der Waals surface area contributed by atoms with Gasteiger partial charge in [-0.25, -0.2) is 4.79 Å². The monoisotopic (exact) mass is 295 g/mol. The summed E-state index contributed by atoms with van der Waals surface area (Å²) in [5.74, 6) is 0.157. The molecular weight excluding hydrogens is 282 g/mol. The first-order valence-electron chi connectivity index (χ1n) is 6.25. The van der Waals surface area contributed by atoms with Crippen LogP contribution < -0.4 is 14.9 Å². The largest absolute Gasteiger partial charge is 0.423 e. The molecule has 0 saturated heterocycles. The van der Waals surface area contributed by atoms with Crippen LogP contribution in [0.4, 0.5) is 0 Å². The summed E-state index contributed by atoms with van der Waals surface area (Å²) in [7, 11) is -4.11. The van der Waals surface area contributed by atoms with Gasteiger partial charge in [0.25, 0.3) is 0 Å². The number of fused-ring (bicyclic) bond motifs is 3. The van der Waals surface area contributed by atoms with Crippen molar-refractivity contribution < 1.29 is 17.0 Å². The molecule has 0 aliphatic heterocycles. The van der Waals surface area contributed by atoms with Gasteiger partial charge in [0.15, 0.2) is 5.75 Å². The number of benzene rings is 1. The summed E-state index contributed by atoms with van der Waals surface area (Å²) in [6.07, 6.45) is 3.47. The zero-order valence-corrected chi connectivity index (χ0v) is 11.4. The summed E-state index contributed by atoms with van der Waals surface area (Å²) in [5, 5.41) is 5.75. The molecule has 1 aliphatic rings. The Labute approximate surface area is 115 Å². The van der Waals surface area contributed by atoms with E-state index in [9.17, 15) is 13.2 Å². The normalized spacial score (nSPS) is 15.1. The number of rotatable bonds is 2. The van der Waals surface area contributed by atoms with Gasteiger partial charge in [-0.05, 0) is 37.3 Å². The first kappa shape index (κ1) is 13.1. The molecule has 0 radical (unpaired) electrons. The van der Waals surface area contributed by atoms with Gasteiger partial charge < -0.3 is 8.60 Å². The van der Waals surface area contributed by atoms with Gasteiger partial charge in [-0.1, -0.05) is 0 Å². The highest BCUT2D eigenvalue weighted by atomic mass is 32.2. The average molecular weight is 295 g/mol. The summed E-state index contributed by atoms with van der Waals surface area (Å²) in [6, 6.07) is 4.48. The molecule has 6 nitrogen and oxygen atoms in total. The number of hydrogen-bond donors (Lipinski definition) is 1. The van der Waals surface area contributed by atoms with Crippen LogP contribution in [0.2, 0.25) is 0 Å². The summed E-state index contributed by atoms with van der Waals surface area (Å²) in [6.45, 7) is 0. The lowest BCUT2D eigenvalue weighted by Gasteiger charge is -2.20. The van der Waals surface area contributed by atoms with Gasteiger partial charge >= 0.3 is 15.9 Å². The molecule has 2 aromatic rings. The molecule has 106 valence electrons. The molecule has 0 amide bonds. The van der Waals surface area contributed by atoms with Gasteiger partial charge in [0, 0.05) is 23.1 Å². The molecule has 1 heterocycles. The number of aryl methyl sites for hydroxylation is 1. The first-order valence-corrected chi connectivity index (χ1v) is 7.72. The highest BCUT2D eigenvalue weighted by Gasteiger charge is 2.21. The third kappa shape index (κ3) is 2.41. The van der Waals surface area contributed by atoms with E-state index in [4.69, 9.17) is 13.7 Å². The quantitative estimate of drug-likeness (QED) is 0.841. The third-order valence-electron chi connectivity index (χ3n) is 3.42. The molecule has 0 unspecified atom stereocenters. The second-order valence-electron chi connectivity index (χ2n) is 4.78. The Morgan fingerprint density at radius 2 is 1.85 bits per heavy atom. The van der Waals surface area contributed by atoms with Crippen LogP contribution in [-0.2, 0) is 23.1 Å². The lowest BCUT2D eigenvalue weighted by atomic mass is 9.88. The SMILES string of the molecule is NS(=O)(=O)Oc1cc2oc(=O)ccc2c2c1CCCC2. The molecule has 7 heteroatoms. The van der Waals surface area contributed by atoms with Gasteiger partial charge in [-0.3, -0.25) is 0 Å². The van der Waals surface area contributed by atoms with Gasteiger partial charge in [-0.2, -0.15) is 13.6 Å². The van der Waals surface area contributed by atoms with Crippen molar-refractivity contribution in [2.24, 2.45) is 5.14 Å². The lowest BCUT2D eigenvalue weighted by Crippen LogP contribution is -2.20. The van der Waals surface area contributed by atoms with Crippen molar-refractivity contribution in [1.29, 1.82) is 0 Å². The Morgan fingerprint density at radius 1 is 1.15 bits per heavy atom. The zero-order chi connectivity index (χ0) is 14.3. The molecule has 0 bridgehead atoms. The van der Waals surface area contributed by atoms with Crippen molar-refractivity contribution in [2.45, 2.75) is 25.7 Å². The topological polar surface area (TPSA) is 99.6 Å². The van der Waals surface area contributed by atoms with Gasteiger partial charge in [0.1, 0.15) is 5.58 Å². The molecule has 2 N–H and O–H groups in total. The molecule has 1 aromatic heterocycles. The van der Waals surface area contributed by atoms with Crippen molar-refractivity contribution in [3.63, 3.8) is 0 Å². The van der Waals surface area contributed by atoms with Crippen LogP contribution in [0.3, 0.4) is 0 Å². The Balaban J connectivity index is 2.31. The summed E-state index contributed by atoms with van der Waals surface area (Å²) in [4.78, 5) is 11.3. The molecule has 1 aromatic carbocycles. The van der Waals surface area contributed by atoms with Crippen molar-refractivity contribution in [3.05, 3.63) is 39.7 Å². The molecule has 20 heavy (non-hydrogen) atoms. The minimum absolute atomic E-state index is 0.157.